The first-order valence-electron chi connectivity index (χ1n) is 7.87. The molecule has 2 rings (SSSR count). The molecule has 0 aromatic carbocycles. The van der Waals surface area contributed by atoms with Gasteiger partial charge in [0.1, 0.15) is 0 Å². The zero-order valence-electron chi connectivity index (χ0n) is 12.1. The van der Waals surface area contributed by atoms with E-state index in [2.05, 4.69) is 26.2 Å². The van der Waals surface area contributed by atoms with E-state index in [9.17, 15) is 0 Å². The summed E-state index contributed by atoms with van der Waals surface area (Å²) in [5.74, 6) is 3.22. The first-order valence-corrected chi connectivity index (χ1v) is 7.87. The molecule has 0 saturated heterocycles. The molecule has 0 aromatic rings. The molecule has 2 fully saturated rings. The predicted molar refractivity (Wildman–Crippen MR) is 75.1 cm³/mol. The maximum Gasteiger partial charge on any atom is 0.000511 e. The molecule has 0 bridgehead atoms. The Morgan fingerprint density at radius 2 is 1.94 bits per heavy atom. The standard InChI is InChI=1S/C16H31N/c1-4-6-7-13(5-2)9-16(12-17-3)10-14-8-15(14)11-16/h13-15,17H,4-12H2,1-3H3. The van der Waals surface area contributed by atoms with E-state index in [0.29, 0.717) is 5.41 Å². The van der Waals surface area contributed by atoms with Gasteiger partial charge in [0, 0.05) is 6.54 Å². The highest BCUT2D eigenvalue weighted by atomic mass is 14.8. The number of fused-ring (bicyclic) bond motifs is 1. The predicted octanol–water partition coefficient (Wildman–Crippen LogP) is 4.23. The van der Waals surface area contributed by atoms with Crippen LogP contribution in [0.15, 0.2) is 0 Å². The molecule has 100 valence electrons. The highest BCUT2D eigenvalue weighted by Gasteiger charge is 2.53. The van der Waals surface area contributed by atoms with Crippen molar-refractivity contribution in [2.24, 2.45) is 23.2 Å². The van der Waals surface area contributed by atoms with Gasteiger partial charge in [-0.1, -0.05) is 39.5 Å². The van der Waals surface area contributed by atoms with E-state index in [1.165, 1.54) is 51.5 Å². The minimum Gasteiger partial charge on any atom is -0.319 e. The third-order valence-corrected chi connectivity index (χ3v) is 5.28. The summed E-state index contributed by atoms with van der Waals surface area (Å²) >= 11 is 0. The Bertz CT molecular complexity index is 226. The van der Waals surface area contributed by atoms with E-state index in [4.69, 9.17) is 0 Å². The molecule has 0 aromatic heterocycles. The minimum atomic E-state index is 0.677. The SMILES string of the molecule is CCCCC(CC)CC1(CNC)CC2CC2C1. The number of rotatable bonds is 8. The van der Waals surface area contributed by atoms with Gasteiger partial charge in [0.05, 0.1) is 0 Å². The van der Waals surface area contributed by atoms with Crippen LogP contribution >= 0.6 is 0 Å². The fourth-order valence-electron chi connectivity index (χ4n) is 4.32. The van der Waals surface area contributed by atoms with Gasteiger partial charge in [0.25, 0.3) is 0 Å². The molecule has 2 aliphatic rings. The van der Waals surface area contributed by atoms with E-state index in [1.54, 1.807) is 6.42 Å². The van der Waals surface area contributed by atoms with E-state index < -0.39 is 0 Å². The van der Waals surface area contributed by atoms with Gasteiger partial charge in [-0.05, 0) is 55.9 Å². The van der Waals surface area contributed by atoms with Crippen LogP contribution in [0.4, 0.5) is 0 Å². The third kappa shape index (κ3) is 3.24. The smallest absolute Gasteiger partial charge is 0.000511 e. The summed E-state index contributed by atoms with van der Waals surface area (Å²) in [5.41, 5.74) is 0.677. The normalized spacial score (nSPS) is 36.9. The Morgan fingerprint density at radius 3 is 2.47 bits per heavy atom. The van der Waals surface area contributed by atoms with Crippen LogP contribution in [-0.4, -0.2) is 13.6 Å². The van der Waals surface area contributed by atoms with Gasteiger partial charge in [0.15, 0.2) is 0 Å². The minimum absolute atomic E-state index is 0.677. The summed E-state index contributed by atoms with van der Waals surface area (Å²) in [4.78, 5) is 0. The van der Waals surface area contributed by atoms with Crippen LogP contribution in [0.25, 0.3) is 0 Å². The van der Waals surface area contributed by atoms with Crippen molar-refractivity contribution in [1.29, 1.82) is 0 Å². The number of hydrogen-bond donors (Lipinski definition) is 1. The van der Waals surface area contributed by atoms with Crippen molar-refractivity contribution in [3.8, 4) is 0 Å². The van der Waals surface area contributed by atoms with Crippen LogP contribution in [0, 0.1) is 23.2 Å². The van der Waals surface area contributed by atoms with E-state index >= 15 is 0 Å². The molecule has 1 nitrogen and oxygen atoms in total. The first-order chi connectivity index (χ1) is 8.23. The van der Waals surface area contributed by atoms with Crippen molar-refractivity contribution in [3.63, 3.8) is 0 Å². The molecule has 2 aliphatic carbocycles. The van der Waals surface area contributed by atoms with Gasteiger partial charge < -0.3 is 5.32 Å². The zero-order chi connectivity index (χ0) is 12.3. The van der Waals surface area contributed by atoms with Crippen molar-refractivity contribution < 1.29 is 0 Å². The van der Waals surface area contributed by atoms with Crippen molar-refractivity contribution in [3.05, 3.63) is 0 Å². The number of unbranched alkanes of at least 4 members (excludes halogenated alkanes) is 1. The average molecular weight is 237 g/mol. The Balaban J connectivity index is 1.87. The van der Waals surface area contributed by atoms with Crippen LogP contribution < -0.4 is 5.32 Å². The molecule has 17 heavy (non-hydrogen) atoms. The second-order valence-electron chi connectivity index (χ2n) is 6.82. The van der Waals surface area contributed by atoms with Gasteiger partial charge in [0.2, 0.25) is 0 Å². The second kappa shape index (κ2) is 5.73. The molecular formula is C16H31N. The topological polar surface area (TPSA) is 12.0 Å². The largest absolute Gasteiger partial charge is 0.319 e. The number of nitrogens with one attached hydrogen (secondary N) is 1. The number of hydrogen-bond acceptors (Lipinski definition) is 1. The molecule has 2 saturated carbocycles. The highest BCUT2D eigenvalue weighted by molar-refractivity contribution is 5.04. The maximum absolute atomic E-state index is 3.48. The molecule has 3 unspecified atom stereocenters. The summed E-state index contributed by atoms with van der Waals surface area (Å²) in [6, 6.07) is 0. The molecule has 1 N–H and O–H groups in total. The first kappa shape index (κ1) is 13.4. The van der Waals surface area contributed by atoms with E-state index in [-0.39, 0.29) is 0 Å². The Hall–Kier alpha value is -0.0400. The van der Waals surface area contributed by atoms with Crippen molar-refractivity contribution in [1.82, 2.24) is 5.32 Å². The van der Waals surface area contributed by atoms with Crippen LogP contribution in [-0.2, 0) is 0 Å². The summed E-state index contributed by atoms with van der Waals surface area (Å²) < 4.78 is 0. The molecule has 3 atom stereocenters. The molecule has 0 aliphatic heterocycles. The van der Waals surface area contributed by atoms with Gasteiger partial charge in [-0.3, -0.25) is 0 Å². The van der Waals surface area contributed by atoms with Gasteiger partial charge in [-0.15, -0.1) is 0 Å². The van der Waals surface area contributed by atoms with Crippen molar-refractivity contribution in [2.75, 3.05) is 13.6 Å². The lowest BCUT2D eigenvalue weighted by Crippen LogP contribution is -2.33. The van der Waals surface area contributed by atoms with E-state index in [0.717, 1.165) is 17.8 Å². The fraction of sp³-hybridized carbons (Fsp3) is 1.00. The fourth-order valence-corrected chi connectivity index (χ4v) is 4.32. The monoisotopic (exact) mass is 237 g/mol. The van der Waals surface area contributed by atoms with Crippen LogP contribution in [0.5, 0.6) is 0 Å². The Labute approximate surface area is 108 Å². The summed E-state index contributed by atoms with van der Waals surface area (Å²) in [6.07, 6.45) is 11.8. The van der Waals surface area contributed by atoms with Crippen molar-refractivity contribution in [2.45, 2.75) is 65.2 Å². The van der Waals surface area contributed by atoms with Crippen LogP contribution in [0.1, 0.15) is 65.2 Å². The average Bonchev–Trinajstić information content (AvgIpc) is 2.93. The van der Waals surface area contributed by atoms with Crippen LogP contribution in [0.2, 0.25) is 0 Å². The van der Waals surface area contributed by atoms with Gasteiger partial charge in [-0.2, -0.15) is 0 Å². The summed E-state index contributed by atoms with van der Waals surface area (Å²) in [6.45, 7) is 5.98. The molecule has 1 heteroatoms. The van der Waals surface area contributed by atoms with Crippen LogP contribution in [0.3, 0.4) is 0 Å². The molecule has 0 heterocycles. The molecule has 0 spiro atoms. The van der Waals surface area contributed by atoms with Gasteiger partial charge >= 0.3 is 0 Å². The lowest BCUT2D eigenvalue weighted by molar-refractivity contribution is 0.183. The lowest BCUT2D eigenvalue weighted by atomic mass is 9.73. The Kier molecular flexibility index (Phi) is 4.52. The lowest BCUT2D eigenvalue weighted by Gasteiger charge is -2.34. The quantitative estimate of drug-likeness (QED) is 0.666. The second-order valence-corrected chi connectivity index (χ2v) is 6.82. The summed E-state index contributed by atoms with van der Waals surface area (Å²) in [5, 5.41) is 3.48. The highest BCUT2D eigenvalue weighted by Crippen LogP contribution is 2.61. The summed E-state index contributed by atoms with van der Waals surface area (Å²) in [7, 11) is 2.14. The maximum atomic E-state index is 3.48. The molecule has 0 radical (unpaired) electrons. The van der Waals surface area contributed by atoms with Crippen molar-refractivity contribution >= 4 is 0 Å². The molecular weight excluding hydrogens is 206 g/mol. The zero-order valence-corrected chi connectivity index (χ0v) is 12.1. The Morgan fingerprint density at radius 1 is 1.24 bits per heavy atom. The third-order valence-electron chi connectivity index (χ3n) is 5.28. The van der Waals surface area contributed by atoms with E-state index in [1.807, 2.05) is 0 Å². The van der Waals surface area contributed by atoms with Gasteiger partial charge in [-0.25, -0.2) is 0 Å². The molecule has 0 amide bonds.